The molecule has 110 valence electrons. The first kappa shape index (κ1) is 14.2. The zero-order valence-electron chi connectivity index (χ0n) is 13.2. The Kier molecular flexibility index (Phi) is 3.98. The Hall–Kier alpha value is -1.80. The first-order valence-electron chi connectivity index (χ1n) is 7.88. The number of fused-ring (bicyclic) bond motifs is 1. The van der Waals surface area contributed by atoms with Crippen LogP contribution in [0.4, 0.5) is 11.4 Å². The number of rotatable bonds is 4. The Morgan fingerprint density at radius 3 is 2.76 bits per heavy atom. The summed E-state index contributed by atoms with van der Waals surface area (Å²) in [6.07, 6.45) is 1.13. The molecule has 1 atom stereocenters. The number of para-hydroxylation sites is 1. The van der Waals surface area contributed by atoms with Gasteiger partial charge in [0.2, 0.25) is 0 Å². The second-order valence-corrected chi connectivity index (χ2v) is 5.94. The zero-order valence-corrected chi connectivity index (χ0v) is 13.2. The van der Waals surface area contributed by atoms with Crippen LogP contribution in [0.5, 0.6) is 0 Å². The van der Waals surface area contributed by atoms with Gasteiger partial charge in [0, 0.05) is 24.0 Å². The molecule has 2 aromatic rings. The Bertz CT molecular complexity index is 633. The molecule has 1 N–H and O–H groups in total. The summed E-state index contributed by atoms with van der Waals surface area (Å²) in [5, 5.41) is 3.41. The van der Waals surface area contributed by atoms with E-state index < -0.39 is 0 Å². The average molecular weight is 280 g/mol. The number of nitrogens with zero attached hydrogens (tertiary/aromatic N) is 1. The summed E-state index contributed by atoms with van der Waals surface area (Å²) < 4.78 is 0. The minimum absolute atomic E-state index is 0.529. The molecule has 1 aliphatic heterocycles. The number of nitrogens with one attached hydrogen (secondary N) is 1. The lowest BCUT2D eigenvalue weighted by atomic mass is 10.1. The molecule has 0 amide bonds. The van der Waals surface area contributed by atoms with Gasteiger partial charge < -0.3 is 10.2 Å². The van der Waals surface area contributed by atoms with Crippen molar-refractivity contribution in [1.82, 2.24) is 5.32 Å². The van der Waals surface area contributed by atoms with Gasteiger partial charge in [0.25, 0.3) is 0 Å². The summed E-state index contributed by atoms with van der Waals surface area (Å²) in [6.45, 7) is 8.63. The summed E-state index contributed by atoms with van der Waals surface area (Å²) in [7, 11) is 0. The molecular weight excluding hydrogens is 256 g/mol. The SMILES string of the molecule is CCNCc1ccc(N2c3ccccc3CC2C)cc1C. The van der Waals surface area contributed by atoms with E-state index in [0.29, 0.717) is 6.04 Å². The van der Waals surface area contributed by atoms with E-state index in [2.05, 4.69) is 73.5 Å². The maximum absolute atomic E-state index is 3.41. The number of hydrogen-bond acceptors (Lipinski definition) is 2. The van der Waals surface area contributed by atoms with Gasteiger partial charge in [-0.1, -0.05) is 31.2 Å². The Morgan fingerprint density at radius 1 is 1.19 bits per heavy atom. The molecule has 0 bridgehead atoms. The van der Waals surface area contributed by atoms with Crippen LogP contribution in [0.1, 0.15) is 30.5 Å². The van der Waals surface area contributed by atoms with E-state index in [0.717, 1.165) is 19.5 Å². The van der Waals surface area contributed by atoms with Gasteiger partial charge in [-0.25, -0.2) is 0 Å². The highest BCUT2D eigenvalue weighted by molar-refractivity contribution is 5.71. The van der Waals surface area contributed by atoms with Crippen LogP contribution in [0.3, 0.4) is 0 Å². The highest BCUT2D eigenvalue weighted by atomic mass is 15.2. The molecule has 2 heteroatoms. The van der Waals surface area contributed by atoms with Crippen LogP contribution in [0.15, 0.2) is 42.5 Å². The molecule has 0 saturated heterocycles. The number of benzene rings is 2. The fourth-order valence-electron chi connectivity index (χ4n) is 3.25. The molecule has 2 aromatic carbocycles. The third kappa shape index (κ3) is 2.68. The predicted octanol–water partition coefficient (Wildman–Crippen LogP) is 4.19. The largest absolute Gasteiger partial charge is 0.338 e. The van der Waals surface area contributed by atoms with Gasteiger partial charge in [-0.05, 0) is 61.7 Å². The molecule has 21 heavy (non-hydrogen) atoms. The van der Waals surface area contributed by atoms with Crippen molar-refractivity contribution in [1.29, 1.82) is 0 Å². The third-order valence-corrected chi connectivity index (χ3v) is 4.38. The van der Waals surface area contributed by atoms with Gasteiger partial charge in [0.1, 0.15) is 0 Å². The molecule has 0 radical (unpaired) electrons. The highest BCUT2D eigenvalue weighted by Gasteiger charge is 2.26. The third-order valence-electron chi connectivity index (χ3n) is 4.38. The first-order chi connectivity index (χ1) is 10.2. The van der Waals surface area contributed by atoms with Gasteiger partial charge in [0.05, 0.1) is 0 Å². The smallest absolute Gasteiger partial charge is 0.0446 e. The molecule has 0 aliphatic carbocycles. The van der Waals surface area contributed by atoms with Crippen molar-refractivity contribution >= 4 is 11.4 Å². The summed E-state index contributed by atoms with van der Waals surface area (Å²) in [5.74, 6) is 0. The molecule has 0 saturated carbocycles. The number of hydrogen-bond donors (Lipinski definition) is 1. The van der Waals surface area contributed by atoms with Gasteiger partial charge in [-0.15, -0.1) is 0 Å². The maximum atomic E-state index is 3.41. The topological polar surface area (TPSA) is 15.3 Å². The summed E-state index contributed by atoms with van der Waals surface area (Å²) in [5.41, 5.74) is 6.89. The zero-order chi connectivity index (χ0) is 14.8. The molecular formula is C19H24N2. The second kappa shape index (κ2) is 5.90. The summed E-state index contributed by atoms with van der Waals surface area (Å²) >= 11 is 0. The van der Waals surface area contributed by atoms with E-state index in [4.69, 9.17) is 0 Å². The number of aryl methyl sites for hydroxylation is 1. The quantitative estimate of drug-likeness (QED) is 0.903. The Balaban J connectivity index is 1.92. The van der Waals surface area contributed by atoms with Crippen LogP contribution in [-0.4, -0.2) is 12.6 Å². The van der Waals surface area contributed by atoms with Crippen LogP contribution in [0.25, 0.3) is 0 Å². The van der Waals surface area contributed by atoms with Gasteiger partial charge in [0.15, 0.2) is 0 Å². The fraction of sp³-hybridized carbons (Fsp3) is 0.368. The van der Waals surface area contributed by atoms with Crippen LogP contribution in [-0.2, 0) is 13.0 Å². The minimum atomic E-state index is 0.529. The van der Waals surface area contributed by atoms with Crippen molar-refractivity contribution < 1.29 is 0 Å². The lowest BCUT2D eigenvalue weighted by Crippen LogP contribution is -2.24. The molecule has 3 rings (SSSR count). The summed E-state index contributed by atoms with van der Waals surface area (Å²) in [4.78, 5) is 2.47. The van der Waals surface area contributed by atoms with Crippen molar-refractivity contribution in [2.45, 2.75) is 39.8 Å². The van der Waals surface area contributed by atoms with E-state index in [-0.39, 0.29) is 0 Å². The first-order valence-corrected chi connectivity index (χ1v) is 7.88. The minimum Gasteiger partial charge on any atom is -0.338 e. The summed E-state index contributed by atoms with van der Waals surface area (Å²) in [6, 6.07) is 16.1. The molecule has 2 nitrogen and oxygen atoms in total. The van der Waals surface area contributed by atoms with Gasteiger partial charge in [-0.2, -0.15) is 0 Å². The maximum Gasteiger partial charge on any atom is 0.0446 e. The Morgan fingerprint density at radius 2 is 2.00 bits per heavy atom. The van der Waals surface area contributed by atoms with Crippen molar-refractivity contribution in [3.63, 3.8) is 0 Å². The molecule has 1 unspecified atom stereocenters. The lowest BCUT2D eigenvalue weighted by Gasteiger charge is -2.26. The lowest BCUT2D eigenvalue weighted by molar-refractivity contribution is 0.722. The average Bonchev–Trinajstić information content (AvgIpc) is 2.82. The van der Waals surface area contributed by atoms with Crippen LogP contribution in [0, 0.1) is 6.92 Å². The second-order valence-electron chi connectivity index (χ2n) is 5.94. The van der Waals surface area contributed by atoms with Crippen LogP contribution >= 0.6 is 0 Å². The molecule has 1 heterocycles. The van der Waals surface area contributed by atoms with E-state index in [9.17, 15) is 0 Å². The van der Waals surface area contributed by atoms with E-state index >= 15 is 0 Å². The van der Waals surface area contributed by atoms with Crippen molar-refractivity contribution in [2.75, 3.05) is 11.4 Å². The highest BCUT2D eigenvalue weighted by Crippen LogP contribution is 2.38. The van der Waals surface area contributed by atoms with Crippen molar-refractivity contribution in [3.05, 3.63) is 59.2 Å². The van der Waals surface area contributed by atoms with Gasteiger partial charge >= 0.3 is 0 Å². The van der Waals surface area contributed by atoms with Gasteiger partial charge in [-0.3, -0.25) is 0 Å². The molecule has 0 aromatic heterocycles. The number of anilines is 2. The standard InChI is InChI=1S/C19H24N2/c1-4-20-13-17-9-10-18(11-14(17)2)21-15(3)12-16-7-5-6-8-19(16)21/h5-11,15,20H,4,12-13H2,1-3H3. The van der Waals surface area contributed by atoms with Crippen molar-refractivity contribution in [3.8, 4) is 0 Å². The van der Waals surface area contributed by atoms with Crippen molar-refractivity contribution in [2.24, 2.45) is 0 Å². The normalized spacial score (nSPS) is 17.1. The van der Waals surface area contributed by atoms with E-state index in [1.165, 1.54) is 28.1 Å². The monoisotopic (exact) mass is 280 g/mol. The molecule has 1 aliphatic rings. The molecule has 0 fully saturated rings. The molecule has 0 spiro atoms. The van der Waals surface area contributed by atoms with Crippen LogP contribution < -0.4 is 10.2 Å². The fourth-order valence-corrected chi connectivity index (χ4v) is 3.25. The van der Waals surface area contributed by atoms with E-state index in [1.807, 2.05) is 0 Å². The van der Waals surface area contributed by atoms with E-state index in [1.54, 1.807) is 0 Å². The predicted molar refractivity (Wildman–Crippen MR) is 90.3 cm³/mol. The van der Waals surface area contributed by atoms with Crippen LogP contribution in [0.2, 0.25) is 0 Å². The Labute approximate surface area is 127 Å².